The summed E-state index contributed by atoms with van der Waals surface area (Å²) in [5, 5.41) is 10.5. The van der Waals surface area contributed by atoms with Crippen LogP contribution in [0.3, 0.4) is 0 Å². The minimum absolute atomic E-state index is 0.0268. The molecule has 25 heavy (non-hydrogen) atoms. The molecular formula is C14H10F3N5O2S. The topological polar surface area (TPSA) is 92.2 Å². The van der Waals surface area contributed by atoms with Gasteiger partial charge in [0.2, 0.25) is 11.7 Å². The monoisotopic (exact) mass is 369 g/mol. The van der Waals surface area contributed by atoms with Crippen LogP contribution in [0.15, 0.2) is 46.5 Å². The first-order chi connectivity index (χ1) is 11.8. The van der Waals surface area contributed by atoms with E-state index >= 15 is 0 Å². The fraction of sp³-hybridized carbons (Fsp3) is 0.143. The van der Waals surface area contributed by atoms with Crippen molar-refractivity contribution < 1.29 is 18.0 Å². The number of carbonyl (C=O) groups excluding carboxylic acids is 1. The Morgan fingerprint density at radius 2 is 1.92 bits per heavy atom. The molecule has 1 amide bonds. The van der Waals surface area contributed by atoms with Gasteiger partial charge in [0.05, 0.1) is 11.3 Å². The number of rotatable bonds is 4. The Kier molecular flexibility index (Phi) is 4.49. The Morgan fingerprint density at radius 3 is 2.60 bits per heavy atom. The maximum atomic E-state index is 12.5. The zero-order valence-electron chi connectivity index (χ0n) is 12.4. The Morgan fingerprint density at radius 1 is 1.20 bits per heavy atom. The number of thioether (sulfide) groups is 1. The van der Waals surface area contributed by atoms with Crippen molar-refractivity contribution in [3.8, 4) is 0 Å². The summed E-state index contributed by atoms with van der Waals surface area (Å²) < 4.78 is 39.0. The number of H-pyrrole nitrogens is 1. The lowest BCUT2D eigenvalue weighted by molar-refractivity contribution is -0.137. The fourth-order valence-corrected chi connectivity index (χ4v) is 2.68. The lowest BCUT2D eigenvalue weighted by Gasteiger charge is -2.08. The second kappa shape index (κ2) is 6.59. The maximum absolute atomic E-state index is 12.5. The highest BCUT2D eigenvalue weighted by molar-refractivity contribution is 7.99. The van der Waals surface area contributed by atoms with Crippen LogP contribution >= 0.6 is 11.8 Å². The first-order valence-electron chi connectivity index (χ1n) is 6.87. The largest absolute Gasteiger partial charge is 0.416 e. The second-order valence-corrected chi connectivity index (χ2v) is 5.84. The Bertz CT molecular complexity index is 965. The van der Waals surface area contributed by atoms with Gasteiger partial charge in [0.25, 0.3) is 5.56 Å². The van der Waals surface area contributed by atoms with Gasteiger partial charge in [0, 0.05) is 18.0 Å². The lowest BCUT2D eigenvalue weighted by atomic mass is 10.2. The first-order valence-corrected chi connectivity index (χ1v) is 7.85. The number of amides is 1. The minimum Gasteiger partial charge on any atom is -0.325 e. The zero-order valence-corrected chi connectivity index (χ0v) is 13.2. The van der Waals surface area contributed by atoms with Crippen LogP contribution in [0.2, 0.25) is 0 Å². The van der Waals surface area contributed by atoms with Crippen molar-refractivity contribution in [2.45, 2.75) is 11.3 Å². The van der Waals surface area contributed by atoms with Gasteiger partial charge in [-0.25, -0.2) is 0 Å². The summed E-state index contributed by atoms with van der Waals surface area (Å²) in [6.07, 6.45) is -2.95. The summed E-state index contributed by atoms with van der Waals surface area (Å²) >= 11 is 1.07. The number of aromatic nitrogens is 4. The molecule has 0 fully saturated rings. The van der Waals surface area contributed by atoms with Crippen LogP contribution in [-0.4, -0.2) is 31.2 Å². The van der Waals surface area contributed by atoms with E-state index < -0.39 is 17.6 Å². The Hall–Kier alpha value is -2.82. The molecule has 3 aromatic rings. The number of hydrogen-bond donors (Lipinski definition) is 2. The van der Waals surface area contributed by atoms with Gasteiger partial charge in [-0.2, -0.15) is 13.2 Å². The minimum atomic E-state index is -4.42. The predicted molar refractivity (Wildman–Crippen MR) is 84.4 cm³/mol. The SMILES string of the molecule is O=C(CSc1nnc2[nH]c(=O)ccn12)Nc1ccc(C(F)(F)F)cc1. The number of nitrogens with zero attached hydrogens (tertiary/aromatic N) is 3. The molecule has 2 N–H and O–H groups in total. The van der Waals surface area contributed by atoms with Gasteiger partial charge < -0.3 is 5.32 Å². The standard InChI is InChI=1S/C14H10F3N5O2S/c15-14(16,17)8-1-3-9(4-2-8)18-11(24)7-25-13-21-20-12-19-10(23)5-6-22(12)13/h1-6H,7H2,(H,18,24)(H,19,20,23). The molecule has 0 aliphatic carbocycles. The summed E-state index contributed by atoms with van der Waals surface area (Å²) in [6.45, 7) is 0. The summed E-state index contributed by atoms with van der Waals surface area (Å²) in [5.74, 6) is -0.190. The van der Waals surface area contributed by atoms with E-state index in [1.807, 2.05) is 0 Å². The highest BCUT2D eigenvalue weighted by Crippen LogP contribution is 2.29. The van der Waals surface area contributed by atoms with Crippen molar-refractivity contribution in [3.63, 3.8) is 0 Å². The molecule has 2 heterocycles. The number of benzene rings is 1. The van der Waals surface area contributed by atoms with E-state index in [0.717, 1.165) is 23.9 Å². The van der Waals surface area contributed by atoms with Crippen LogP contribution < -0.4 is 10.9 Å². The van der Waals surface area contributed by atoms with Crippen LogP contribution in [0.25, 0.3) is 5.78 Å². The summed E-state index contributed by atoms with van der Waals surface area (Å²) in [4.78, 5) is 25.6. The molecule has 0 radical (unpaired) electrons. The van der Waals surface area contributed by atoms with Crippen molar-refractivity contribution in [3.05, 3.63) is 52.4 Å². The van der Waals surface area contributed by atoms with Gasteiger partial charge in [0.1, 0.15) is 0 Å². The third-order valence-electron chi connectivity index (χ3n) is 3.10. The van der Waals surface area contributed by atoms with E-state index in [2.05, 4.69) is 20.5 Å². The van der Waals surface area contributed by atoms with Crippen LogP contribution in [-0.2, 0) is 11.0 Å². The smallest absolute Gasteiger partial charge is 0.325 e. The van der Waals surface area contributed by atoms with Crippen LogP contribution in [0.5, 0.6) is 0 Å². The Labute approximate surface area is 142 Å². The molecule has 7 nitrogen and oxygen atoms in total. The summed E-state index contributed by atoms with van der Waals surface area (Å²) in [6, 6.07) is 5.45. The molecule has 0 unspecified atom stereocenters. The third kappa shape index (κ3) is 3.99. The quantitative estimate of drug-likeness (QED) is 0.688. The van der Waals surface area contributed by atoms with Gasteiger partial charge in [0.15, 0.2) is 5.16 Å². The van der Waals surface area contributed by atoms with Crippen LogP contribution in [0, 0.1) is 0 Å². The molecule has 0 aliphatic rings. The van der Waals surface area contributed by atoms with Crippen molar-refractivity contribution in [1.82, 2.24) is 19.6 Å². The van der Waals surface area contributed by atoms with Crippen molar-refractivity contribution in [2.75, 3.05) is 11.1 Å². The molecule has 11 heteroatoms. The molecule has 1 aromatic carbocycles. The van der Waals surface area contributed by atoms with Gasteiger partial charge in [-0.15, -0.1) is 10.2 Å². The van der Waals surface area contributed by atoms with E-state index in [1.54, 1.807) is 0 Å². The van der Waals surface area contributed by atoms with Crippen molar-refractivity contribution >= 4 is 29.1 Å². The lowest BCUT2D eigenvalue weighted by Crippen LogP contribution is -2.14. The summed E-state index contributed by atoms with van der Waals surface area (Å²) in [5.41, 5.74) is -0.852. The van der Waals surface area contributed by atoms with E-state index in [-0.39, 0.29) is 22.8 Å². The summed E-state index contributed by atoms with van der Waals surface area (Å²) in [7, 11) is 0. The third-order valence-corrected chi connectivity index (χ3v) is 4.05. The number of hydrogen-bond acceptors (Lipinski definition) is 5. The second-order valence-electron chi connectivity index (χ2n) is 4.89. The molecule has 0 atom stereocenters. The van der Waals surface area contributed by atoms with E-state index in [0.29, 0.717) is 5.16 Å². The number of nitrogens with one attached hydrogen (secondary N) is 2. The maximum Gasteiger partial charge on any atom is 0.416 e. The average Bonchev–Trinajstić information content (AvgIpc) is 2.94. The number of anilines is 1. The Balaban J connectivity index is 1.61. The number of carbonyl (C=O) groups is 1. The predicted octanol–water partition coefficient (Wildman–Crippen LogP) is 2.17. The van der Waals surface area contributed by atoms with Gasteiger partial charge in [-0.3, -0.25) is 19.0 Å². The molecule has 0 saturated carbocycles. The van der Waals surface area contributed by atoms with Gasteiger partial charge in [-0.05, 0) is 24.3 Å². The molecule has 0 aliphatic heterocycles. The number of aromatic amines is 1. The van der Waals surface area contributed by atoms with Gasteiger partial charge in [-0.1, -0.05) is 11.8 Å². The molecule has 130 valence electrons. The first kappa shape index (κ1) is 17.0. The van der Waals surface area contributed by atoms with Crippen molar-refractivity contribution in [2.24, 2.45) is 0 Å². The highest BCUT2D eigenvalue weighted by Gasteiger charge is 2.29. The number of alkyl halides is 3. The van der Waals surface area contributed by atoms with Gasteiger partial charge >= 0.3 is 6.18 Å². The number of fused-ring (bicyclic) bond motifs is 1. The molecular weight excluding hydrogens is 359 g/mol. The fourth-order valence-electron chi connectivity index (χ4n) is 1.96. The zero-order chi connectivity index (χ0) is 18.0. The molecule has 0 spiro atoms. The molecule has 0 saturated heterocycles. The highest BCUT2D eigenvalue weighted by atomic mass is 32.2. The molecule has 3 rings (SSSR count). The molecule has 0 bridgehead atoms. The average molecular weight is 369 g/mol. The van der Waals surface area contributed by atoms with E-state index in [1.165, 1.54) is 28.8 Å². The number of halogens is 3. The van der Waals surface area contributed by atoms with Crippen molar-refractivity contribution in [1.29, 1.82) is 0 Å². The molecule has 2 aromatic heterocycles. The normalized spacial score (nSPS) is 11.6. The van der Waals surface area contributed by atoms with Crippen LogP contribution in [0.1, 0.15) is 5.56 Å². The van der Waals surface area contributed by atoms with E-state index in [9.17, 15) is 22.8 Å². The van der Waals surface area contributed by atoms with Crippen LogP contribution in [0.4, 0.5) is 18.9 Å². The van der Waals surface area contributed by atoms with E-state index in [4.69, 9.17) is 0 Å².